The lowest BCUT2D eigenvalue weighted by atomic mass is 9.87. The Morgan fingerprint density at radius 2 is 1.83 bits per heavy atom. The lowest BCUT2D eigenvalue weighted by Crippen LogP contribution is -2.34. The lowest BCUT2D eigenvalue weighted by molar-refractivity contribution is -0.145. The highest BCUT2D eigenvalue weighted by Gasteiger charge is 2.36. The van der Waals surface area contributed by atoms with Gasteiger partial charge in [-0.05, 0) is 41.3 Å². The van der Waals surface area contributed by atoms with Gasteiger partial charge in [0.25, 0.3) is 11.1 Å². The SMILES string of the molecule is CCOC(=O)CN1C(=O)S/C(=C/c2ccc(C(C)(C)C)cc2)C1=O. The number of carbonyl (C=O) groups excluding carboxylic acids is 3. The predicted octanol–water partition coefficient (Wildman–Crippen LogP) is 3.58. The molecule has 1 heterocycles. The van der Waals surface area contributed by atoms with Crippen LogP contribution in [0, 0.1) is 0 Å². The van der Waals surface area contributed by atoms with E-state index in [-0.39, 0.29) is 18.6 Å². The smallest absolute Gasteiger partial charge is 0.326 e. The normalized spacial score (nSPS) is 16.8. The Bertz CT molecular complexity index is 686. The van der Waals surface area contributed by atoms with Crippen LogP contribution in [0.1, 0.15) is 38.8 Å². The number of carbonyl (C=O) groups is 3. The molecule has 0 spiro atoms. The van der Waals surface area contributed by atoms with E-state index in [1.54, 1.807) is 13.0 Å². The Morgan fingerprint density at radius 1 is 1.21 bits per heavy atom. The van der Waals surface area contributed by atoms with E-state index in [2.05, 4.69) is 20.8 Å². The maximum Gasteiger partial charge on any atom is 0.326 e. The summed E-state index contributed by atoms with van der Waals surface area (Å²) in [4.78, 5) is 36.9. The lowest BCUT2D eigenvalue weighted by Gasteiger charge is -2.18. The van der Waals surface area contributed by atoms with Crippen LogP contribution in [0.25, 0.3) is 6.08 Å². The first-order valence-electron chi connectivity index (χ1n) is 7.74. The van der Waals surface area contributed by atoms with Gasteiger partial charge in [-0.2, -0.15) is 0 Å². The van der Waals surface area contributed by atoms with Crippen molar-refractivity contribution in [2.75, 3.05) is 13.2 Å². The van der Waals surface area contributed by atoms with Crippen molar-refractivity contribution in [3.05, 3.63) is 40.3 Å². The van der Waals surface area contributed by atoms with Gasteiger partial charge in [-0.25, -0.2) is 0 Å². The van der Waals surface area contributed by atoms with Crippen molar-refractivity contribution in [1.82, 2.24) is 4.90 Å². The minimum Gasteiger partial charge on any atom is -0.465 e. The number of thioether (sulfide) groups is 1. The largest absolute Gasteiger partial charge is 0.465 e. The summed E-state index contributed by atoms with van der Waals surface area (Å²) in [6, 6.07) is 7.85. The van der Waals surface area contributed by atoms with E-state index in [1.807, 2.05) is 24.3 Å². The van der Waals surface area contributed by atoms with Crippen LogP contribution in [0.4, 0.5) is 4.79 Å². The molecule has 24 heavy (non-hydrogen) atoms. The van der Waals surface area contributed by atoms with Crippen molar-refractivity contribution in [1.29, 1.82) is 0 Å². The molecule has 0 unspecified atom stereocenters. The average molecular weight is 347 g/mol. The Morgan fingerprint density at radius 3 is 2.38 bits per heavy atom. The number of ether oxygens (including phenoxy) is 1. The molecule has 0 atom stereocenters. The second-order valence-electron chi connectivity index (χ2n) is 6.44. The molecule has 6 heteroatoms. The van der Waals surface area contributed by atoms with Gasteiger partial charge in [0, 0.05) is 0 Å². The first-order chi connectivity index (χ1) is 11.2. The van der Waals surface area contributed by atoms with Crippen molar-refractivity contribution in [2.24, 2.45) is 0 Å². The Labute approximate surface area is 146 Å². The zero-order chi connectivity index (χ0) is 17.9. The third-order valence-corrected chi connectivity index (χ3v) is 4.45. The maximum atomic E-state index is 12.3. The van der Waals surface area contributed by atoms with E-state index in [9.17, 15) is 14.4 Å². The van der Waals surface area contributed by atoms with Crippen LogP contribution in [0.3, 0.4) is 0 Å². The van der Waals surface area contributed by atoms with Crippen LogP contribution in [-0.4, -0.2) is 35.2 Å². The third kappa shape index (κ3) is 4.26. The molecule has 128 valence electrons. The molecule has 1 aromatic rings. The highest BCUT2D eigenvalue weighted by Crippen LogP contribution is 2.32. The number of rotatable bonds is 4. The summed E-state index contributed by atoms with van der Waals surface area (Å²) >= 11 is 0.837. The molecule has 0 aliphatic carbocycles. The Hall–Kier alpha value is -2.08. The summed E-state index contributed by atoms with van der Waals surface area (Å²) in [5, 5.41) is -0.453. The van der Waals surface area contributed by atoms with Crippen molar-refractivity contribution in [2.45, 2.75) is 33.1 Å². The van der Waals surface area contributed by atoms with Gasteiger partial charge in [0.2, 0.25) is 0 Å². The van der Waals surface area contributed by atoms with Gasteiger partial charge in [-0.3, -0.25) is 19.3 Å². The van der Waals surface area contributed by atoms with Gasteiger partial charge in [-0.15, -0.1) is 0 Å². The van der Waals surface area contributed by atoms with Crippen LogP contribution in [0.5, 0.6) is 0 Å². The van der Waals surface area contributed by atoms with Crippen LogP contribution in [0.15, 0.2) is 29.2 Å². The topological polar surface area (TPSA) is 63.7 Å². The highest BCUT2D eigenvalue weighted by molar-refractivity contribution is 8.18. The molecular weight excluding hydrogens is 326 g/mol. The first kappa shape index (κ1) is 18.3. The fourth-order valence-corrected chi connectivity index (χ4v) is 3.04. The molecule has 0 bridgehead atoms. The summed E-state index contributed by atoms with van der Waals surface area (Å²) in [6.45, 7) is 7.92. The fourth-order valence-electron chi connectivity index (χ4n) is 2.20. The van der Waals surface area contributed by atoms with Gasteiger partial charge in [0.15, 0.2) is 0 Å². The molecule has 1 aliphatic heterocycles. The molecule has 0 radical (unpaired) electrons. The molecule has 5 nitrogen and oxygen atoms in total. The fraction of sp³-hybridized carbons (Fsp3) is 0.389. The number of hydrogen-bond acceptors (Lipinski definition) is 5. The summed E-state index contributed by atoms with van der Waals surface area (Å²) < 4.78 is 4.79. The standard InChI is InChI=1S/C18H21NO4S/c1-5-23-15(20)11-19-16(21)14(24-17(19)22)10-12-6-8-13(9-7-12)18(2,3)4/h6-10H,5,11H2,1-4H3/b14-10+. The van der Waals surface area contributed by atoms with E-state index in [4.69, 9.17) is 4.74 Å². The second kappa shape index (κ2) is 7.21. The molecule has 0 aromatic heterocycles. The zero-order valence-corrected chi connectivity index (χ0v) is 15.1. The quantitative estimate of drug-likeness (QED) is 0.615. The highest BCUT2D eigenvalue weighted by atomic mass is 32.2. The predicted molar refractivity (Wildman–Crippen MR) is 94.5 cm³/mol. The molecule has 1 fully saturated rings. The number of hydrogen-bond donors (Lipinski definition) is 0. The summed E-state index contributed by atoms with van der Waals surface area (Å²) in [7, 11) is 0. The number of nitrogens with zero attached hydrogens (tertiary/aromatic N) is 1. The van der Waals surface area contributed by atoms with Gasteiger partial charge < -0.3 is 4.74 Å². The van der Waals surface area contributed by atoms with E-state index in [0.29, 0.717) is 4.91 Å². The maximum absolute atomic E-state index is 12.3. The van der Waals surface area contributed by atoms with Gasteiger partial charge in [0.05, 0.1) is 11.5 Å². The Balaban J connectivity index is 2.15. The van der Waals surface area contributed by atoms with E-state index < -0.39 is 17.1 Å². The molecule has 1 aliphatic rings. The van der Waals surface area contributed by atoms with E-state index in [0.717, 1.165) is 22.2 Å². The molecular formula is C18H21NO4S. The Kier molecular flexibility index (Phi) is 5.49. The van der Waals surface area contributed by atoms with Crippen LogP contribution in [-0.2, 0) is 19.7 Å². The van der Waals surface area contributed by atoms with Crippen molar-refractivity contribution < 1.29 is 19.1 Å². The number of benzene rings is 1. The zero-order valence-electron chi connectivity index (χ0n) is 14.3. The number of amides is 2. The summed E-state index contributed by atoms with van der Waals surface area (Å²) in [5.41, 5.74) is 2.08. The molecule has 1 aromatic carbocycles. The molecule has 2 rings (SSSR count). The molecule has 2 amide bonds. The van der Waals surface area contributed by atoms with Crippen molar-refractivity contribution >= 4 is 35.0 Å². The van der Waals surface area contributed by atoms with Crippen LogP contribution < -0.4 is 0 Å². The van der Waals surface area contributed by atoms with E-state index in [1.165, 1.54) is 5.56 Å². The van der Waals surface area contributed by atoms with Crippen LogP contribution in [0.2, 0.25) is 0 Å². The summed E-state index contributed by atoms with van der Waals surface area (Å²) in [5.74, 6) is -1.05. The van der Waals surface area contributed by atoms with Crippen molar-refractivity contribution in [3.8, 4) is 0 Å². The first-order valence-corrected chi connectivity index (χ1v) is 8.55. The molecule has 1 saturated heterocycles. The number of imide groups is 1. The monoisotopic (exact) mass is 347 g/mol. The van der Waals surface area contributed by atoms with Gasteiger partial charge in [-0.1, -0.05) is 45.0 Å². The summed E-state index contributed by atoms with van der Waals surface area (Å²) in [6.07, 6.45) is 1.67. The third-order valence-electron chi connectivity index (χ3n) is 3.54. The molecule has 0 saturated carbocycles. The number of esters is 1. The second-order valence-corrected chi connectivity index (χ2v) is 7.44. The molecule has 0 N–H and O–H groups in total. The average Bonchev–Trinajstić information content (AvgIpc) is 2.75. The van der Waals surface area contributed by atoms with Crippen LogP contribution >= 0.6 is 11.8 Å². The van der Waals surface area contributed by atoms with E-state index >= 15 is 0 Å². The van der Waals surface area contributed by atoms with Gasteiger partial charge in [0.1, 0.15) is 6.54 Å². The minimum atomic E-state index is -0.587. The minimum absolute atomic E-state index is 0.0516. The van der Waals surface area contributed by atoms with Gasteiger partial charge >= 0.3 is 5.97 Å². The van der Waals surface area contributed by atoms with Crippen molar-refractivity contribution in [3.63, 3.8) is 0 Å².